The van der Waals surface area contributed by atoms with E-state index in [0.29, 0.717) is 30.8 Å². The van der Waals surface area contributed by atoms with Gasteiger partial charge in [-0.1, -0.05) is 37.3 Å². The Morgan fingerprint density at radius 3 is 2.56 bits per heavy atom. The highest BCUT2D eigenvalue weighted by molar-refractivity contribution is 7.92. The number of nitrogens with zero attached hydrogens (tertiary/aromatic N) is 1. The SMILES string of the molecule is Cc1cc(NC(=O)CC(C)c2ccccc2)ccc1N1CCCCS1(=O)=O. The Morgan fingerprint density at radius 1 is 1.15 bits per heavy atom. The molecule has 6 heteroatoms. The van der Waals surface area contributed by atoms with E-state index in [2.05, 4.69) is 5.32 Å². The number of carbonyl (C=O) groups is 1. The minimum Gasteiger partial charge on any atom is -0.326 e. The summed E-state index contributed by atoms with van der Waals surface area (Å²) < 4.78 is 26.1. The molecule has 144 valence electrons. The molecule has 0 spiro atoms. The molecular weight excluding hydrogens is 360 g/mol. The number of benzene rings is 2. The molecule has 2 aromatic carbocycles. The molecule has 1 aliphatic rings. The van der Waals surface area contributed by atoms with Crippen LogP contribution in [0.1, 0.15) is 43.2 Å². The van der Waals surface area contributed by atoms with Crippen LogP contribution in [0.2, 0.25) is 0 Å². The summed E-state index contributed by atoms with van der Waals surface area (Å²) >= 11 is 0. The fourth-order valence-corrected chi connectivity index (χ4v) is 5.16. The largest absolute Gasteiger partial charge is 0.326 e. The predicted molar refractivity (Wildman–Crippen MR) is 110 cm³/mol. The van der Waals surface area contributed by atoms with Crippen LogP contribution in [0.25, 0.3) is 0 Å². The molecule has 1 heterocycles. The number of rotatable bonds is 5. The lowest BCUT2D eigenvalue weighted by molar-refractivity contribution is -0.116. The molecule has 1 N–H and O–H groups in total. The first kappa shape index (κ1) is 19.4. The summed E-state index contributed by atoms with van der Waals surface area (Å²) in [6.07, 6.45) is 1.98. The molecule has 1 aliphatic heterocycles. The van der Waals surface area contributed by atoms with Gasteiger partial charge in [0.15, 0.2) is 0 Å². The Morgan fingerprint density at radius 2 is 1.89 bits per heavy atom. The molecule has 1 amide bonds. The molecule has 1 fully saturated rings. The van der Waals surface area contributed by atoms with Crippen LogP contribution < -0.4 is 9.62 Å². The van der Waals surface area contributed by atoms with Crippen LogP contribution in [-0.4, -0.2) is 26.6 Å². The standard InChI is InChI=1S/C21H26N2O3S/c1-16(18-8-4-3-5-9-18)15-21(24)22-19-10-11-20(17(2)14-19)23-12-6-7-13-27(23,25)26/h3-5,8-11,14,16H,6-7,12-13,15H2,1-2H3,(H,22,24). The minimum atomic E-state index is -3.24. The summed E-state index contributed by atoms with van der Waals surface area (Å²) in [5.41, 5.74) is 3.37. The van der Waals surface area contributed by atoms with Crippen LogP contribution in [-0.2, 0) is 14.8 Å². The molecular formula is C21H26N2O3S. The van der Waals surface area contributed by atoms with Crippen molar-refractivity contribution in [3.05, 3.63) is 59.7 Å². The Bertz CT molecular complexity index is 910. The minimum absolute atomic E-state index is 0.0518. The lowest BCUT2D eigenvalue weighted by Gasteiger charge is -2.29. The molecule has 3 rings (SSSR count). The highest BCUT2D eigenvalue weighted by Gasteiger charge is 2.27. The van der Waals surface area contributed by atoms with Crippen LogP contribution in [0.3, 0.4) is 0 Å². The fraction of sp³-hybridized carbons (Fsp3) is 0.381. The van der Waals surface area contributed by atoms with Gasteiger partial charge in [-0.2, -0.15) is 0 Å². The van der Waals surface area contributed by atoms with Crippen molar-refractivity contribution in [2.75, 3.05) is 21.9 Å². The van der Waals surface area contributed by atoms with Crippen molar-refractivity contribution in [3.63, 3.8) is 0 Å². The summed E-state index contributed by atoms with van der Waals surface area (Å²) in [6.45, 7) is 4.43. The van der Waals surface area contributed by atoms with Gasteiger partial charge in [0.1, 0.15) is 0 Å². The van der Waals surface area contributed by atoms with Crippen molar-refractivity contribution in [3.8, 4) is 0 Å². The molecule has 1 saturated heterocycles. The third kappa shape index (κ3) is 4.69. The van der Waals surface area contributed by atoms with Gasteiger partial charge < -0.3 is 5.32 Å². The maximum absolute atomic E-state index is 12.4. The van der Waals surface area contributed by atoms with Crippen LogP contribution in [0.4, 0.5) is 11.4 Å². The van der Waals surface area contributed by atoms with Crippen molar-refractivity contribution >= 4 is 27.3 Å². The number of nitrogens with one attached hydrogen (secondary N) is 1. The molecule has 0 radical (unpaired) electrons. The molecule has 1 unspecified atom stereocenters. The van der Waals surface area contributed by atoms with Crippen molar-refractivity contribution < 1.29 is 13.2 Å². The Kier molecular flexibility index (Phi) is 5.85. The smallest absolute Gasteiger partial charge is 0.235 e. The van der Waals surface area contributed by atoms with Gasteiger partial charge in [-0.25, -0.2) is 8.42 Å². The molecule has 0 aliphatic carbocycles. The van der Waals surface area contributed by atoms with E-state index in [1.807, 2.05) is 50.2 Å². The van der Waals surface area contributed by atoms with Crippen molar-refractivity contribution in [2.45, 2.75) is 39.0 Å². The van der Waals surface area contributed by atoms with Gasteiger partial charge >= 0.3 is 0 Å². The highest BCUT2D eigenvalue weighted by Crippen LogP contribution is 2.29. The summed E-state index contributed by atoms with van der Waals surface area (Å²) in [7, 11) is -3.24. The second-order valence-electron chi connectivity index (χ2n) is 7.16. The van der Waals surface area contributed by atoms with Crippen LogP contribution in [0.15, 0.2) is 48.5 Å². The second kappa shape index (κ2) is 8.13. The lowest BCUT2D eigenvalue weighted by Crippen LogP contribution is -2.38. The maximum Gasteiger partial charge on any atom is 0.235 e. The van der Waals surface area contributed by atoms with E-state index in [1.54, 1.807) is 12.1 Å². The first-order chi connectivity index (χ1) is 12.9. The lowest BCUT2D eigenvalue weighted by atomic mass is 9.97. The highest BCUT2D eigenvalue weighted by atomic mass is 32.2. The zero-order valence-corrected chi connectivity index (χ0v) is 16.6. The molecule has 0 saturated carbocycles. The van der Waals surface area contributed by atoms with E-state index in [1.165, 1.54) is 4.31 Å². The molecule has 2 aromatic rings. The molecule has 0 bridgehead atoms. The zero-order valence-electron chi connectivity index (χ0n) is 15.8. The van der Waals surface area contributed by atoms with Crippen molar-refractivity contribution in [1.82, 2.24) is 0 Å². The summed E-state index contributed by atoms with van der Waals surface area (Å²) in [6, 6.07) is 15.4. The first-order valence-electron chi connectivity index (χ1n) is 9.33. The zero-order chi connectivity index (χ0) is 19.4. The van der Waals surface area contributed by atoms with Gasteiger partial charge in [0.2, 0.25) is 15.9 Å². The number of anilines is 2. The Labute approximate surface area is 161 Å². The van der Waals surface area contributed by atoms with Gasteiger partial charge in [0.05, 0.1) is 11.4 Å². The van der Waals surface area contributed by atoms with Gasteiger partial charge in [0, 0.05) is 18.7 Å². The van der Waals surface area contributed by atoms with Crippen molar-refractivity contribution in [2.24, 2.45) is 0 Å². The van der Waals surface area contributed by atoms with E-state index >= 15 is 0 Å². The van der Waals surface area contributed by atoms with E-state index in [-0.39, 0.29) is 17.6 Å². The first-order valence-corrected chi connectivity index (χ1v) is 10.9. The van der Waals surface area contributed by atoms with Crippen LogP contribution in [0.5, 0.6) is 0 Å². The van der Waals surface area contributed by atoms with E-state index < -0.39 is 10.0 Å². The molecule has 27 heavy (non-hydrogen) atoms. The van der Waals surface area contributed by atoms with E-state index in [9.17, 15) is 13.2 Å². The van der Waals surface area contributed by atoms with Gasteiger partial charge in [-0.05, 0) is 55.0 Å². The Balaban J connectivity index is 1.68. The molecule has 1 atom stereocenters. The average Bonchev–Trinajstić information content (AvgIpc) is 2.63. The van der Waals surface area contributed by atoms with Gasteiger partial charge in [0.25, 0.3) is 0 Å². The topological polar surface area (TPSA) is 66.5 Å². The predicted octanol–water partition coefficient (Wildman–Crippen LogP) is 4.06. The number of sulfonamides is 1. The van der Waals surface area contributed by atoms with E-state index in [4.69, 9.17) is 0 Å². The maximum atomic E-state index is 12.4. The van der Waals surface area contributed by atoms with Gasteiger partial charge in [-0.3, -0.25) is 9.10 Å². The number of hydrogen-bond donors (Lipinski definition) is 1. The van der Waals surface area contributed by atoms with E-state index in [0.717, 1.165) is 17.5 Å². The van der Waals surface area contributed by atoms with Crippen LogP contribution >= 0.6 is 0 Å². The van der Waals surface area contributed by atoms with Crippen molar-refractivity contribution in [1.29, 1.82) is 0 Å². The quantitative estimate of drug-likeness (QED) is 0.843. The summed E-state index contributed by atoms with van der Waals surface area (Å²) in [5, 5.41) is 2.93. The summed E-state index contributed by atoms with van der Waals surface area (Å²) in [5.74, 6) is 0.275. The number of amides is 1. The fourth-order valence-electron chi connectivity index (χ4n) is 3.46. The second-order valence-corrected chi connectivity index (χ2v) is 9.17. The average molecular weight is 387 g/mol. The summed E-state index contributed by atoms with van der Waals surface area (Å²) in [4.78, 5) is 12.4. The normalized spacial score (nSPS) is 17.3. The number of aryl methyl sites for hydroxylation is 1. The Hall–Kier alpha value is -2.34. The third-order valence-corrected chi connectivity index (χ3v) is 6.81. The van der Waals surface area contributed by atoms with Crippen LogP contribution in [0, 0.1) is 6.92 Å². The molecule has 0 aromatic heterocycles. The van der Waals surface area contributed by atoms with Gasteiger partial charge in [-0.15, -0.1) is 0 Å². The monoisotopic (exact) mass is 386 g/mol. The molecule has 5 nitrogen and oxygen atoms in total. The number of carbonyl (C=O) groups excluding carboxylic acids is 1. The number of hydrogen-bond acceptors (Lipinski definition) is 3. The third-order valence-electron chi connectivity index (χ3n) is 4.96.